The van der Waals surface area contributed by atoms with Gasteiger partial charge in [0.05, 0.1) is 25.5 Å². The Balaban J connectivity index is 1.36. The van der Waals surface area contributed by atoms with Crippen LogP contribution in [0.15, 0.2) is 42.5 Å². The number of carbonyl (C=O) groups is 4. The molecule has 282 valence electrons. The van der Waals surface area contributed by atoms with Crippen LogP contribution in [0.5, 0.6) is 11.5 Å². The van der Waals surface area contributed by atoms with Crippen molar-refractivity contribution in [3.63, 3.8) is 0 Å². The number of rotatable bonds is 9. The second kappa shape index (κ2) is 14.9. The fraction of sp³-hybridized carbons (Fsp3) is 0.556. The standard InChI is InChI=1S/C36H45FN4O10S/c1-20-7-4-5-9-23-17-36(23,34(44)40-52(47,48)25-11-12-25)39-32(42)28-15-24(18-41(28)33(43)31(38-35(45)46)22(13-20)19-49-2)51-29-10-6-8-21-14-30(50-3)27(37)16-26(21)29/h5-6,8-10,14,16,20,22-25,28,31,38H,4,7,11-13,15,17-19H2,1-3H3,(H,39,42)(H,40,44)(H,45,46)/b9-5-/t20-,22+,23-,24-,28+,31+,36-/m1/s1. The number of carboxylic acid groups (broad SMARTS) is 1. The average Bonchev–Trinajstić information content (AvgIpc) is 4.02. The maximum Gasteiger partial charge on any atom is 0.405 e. The molecule has 2 heterocycles. The first-order valence-electron chi connectivity index (χ1n) is 17.5. The number of nitrogens with zero attached hydrogens (tertiary/aromatic N) is 1. The van der Waals surface area contributed by atoms with Gasteiger partial charge in [-0.2, -0.15) is 0 Å². The van der Waals surface area contributed by atoms with Gasteiger partial charge in [-0.25, -0.2) is 17.6 Å². The highest BCUT2D eigenvalue weighted by atomic mass is 32.2. The van der Waals surface area contributed by atoms with Crippen LogP contribution in [-0.4, -0.2) is 98.6 Å². The molecular weight excluding hydrogens is 699 g/mol. The zero-order valence-electron chi connectivity index (χ0n) is 29.3. The van der Waals surface area contributed by atoms with Gasteiger partial charge >= 0.3 is 6.09 Å². The van der Waals surface area contributed by atoms with E-state index in [-0.39, 0.29) is 37.7 Å². The molecule has 7 atom stereocenters. The second-order valence-corrected chi connectivity index (χ2v) is 16.3. The van der Waals surface area contributed by atoms with E-state index in [1.165, 1.54) is 31.3 Å². The van der Waals surface area contributed by atoms with Crippen LogP contribution in [0.25, 0.3) is 10.8 Å². The van der Waals surface area contributed by atoms with Crippen LogP contribution >= 0.6 is 0 Å². The highest BCUT2D eigenvalue weighted by molar-refractivity contribution is 7.91. The molecule has 6 rings (SSSR count). The van der Waals surface area contributed by atoms with Crippen LogP contribution in [0.4, 0.5) is 9.18 Å². The van der Waals surface area contributed by atoms with Crippen molar-refractivity contribution in [3.8, 4) is 11.5 Å². The summed E-state index contributed by atoms with van der Waals surface area (Å²) in [5.41, 5.74) is -1.57. The van der Waals surface area contributed by atoms with E-state index in [1.807, 2.05) is 19.1 Å². The lowest BCUT2D eigenvalue weighted by atomic mass is 9.87. The summed E-state index contributed by atoms with van der Waals surface area (Å²) < 4.78 is 59.5. The van der Waals surface area contributed by atoms with Crippen molar-refractivity contribution < 1.29 is 51.3 Å². The van der Waals surface area contributed by atoms with Crippen molar-refractivity contribution in [1.29, 1.82) is 0 Å². The number of nitrogens with one attached hydrogen (secondary N) is 3. The Hall–Kier alpha value is -4.44. The number of fused-ring (bicyclic) bond motifs is 3. The van der Waals surface area contributed by atoms with E-state index < -0.39 is 80.5 Å². The maximum absolute atomic E-state index is 14.8. The fourth-order valence-corrected chi connectivity index (χ4v) is 8.88. The predicted octanol–water partition coefficient (Wildman–Crippen LogP) is 3.09. The predicted molar refractivity (Wildman–Crippen MR) is 187 cm³/mol. The quantitative estimate of drug-likeness (QED) is 0.278. The molecule has 0 spiro atoms. The zero-order valence-corrected chi connectivity index (χ0v) is 30.1. The molecule has 2 aromatic rings. The number of methoxy groups -OCH3 is 2. The molecule has 2 aliphatic heterocycles. The molecule has 0 radical (unpaired) electrons. The lowest BCUT2D eigenvalue weighted by molar-refractivity contribution is -0.142. The van der Waals surface area contributed by atoms with Gasteiger partial charge in [-0.15, -0.1) is 0 Å². The highest BCUT2D eigenvalue weighted by Gasteiger charge is 2.62. The van der Waals surface area contributed by atoms with E-state index in [4.69, 9.17) is 14.2 Å². The van der Waals surface area contributed by atoms with Crippen LogP contribution in [-0.2, 0) is 29.1 Å². The van der Waals surface area contributed by atoms with E-state index in [0.29, 0.717) is 48.6 Å². The lowest BCUT2D eigenvalue weighted by Gasteiger charge is -2.33. The van der Waals surface area contributed by atoms with Crippen molar-refractivity contribution in [2.24, 2.45) is 17.8 Å². The summed E-state index contributed by atoms with van der Waals surface area (Å²) in [6, 6.07) is 5.39. The topological polar surface area (TPSA) is 190 Å². The monoisotopic (exact) mass is 744 g/mol. The summed E-state index contributed by atoms with van der Waals surface area (Å²) in [6.45, 7) is 1.91. The van der Waals surface area contributed by atoms with Crippen LogP contribution in [0.2, 0.25) is 0 Å². The van der Waals surface area contributed by atoms with Gasteiger partial charge in [0, 0.05) is 30.8 Å². The van der Waals surface area contributed by atoms with Gasteiger partial charge in [0.25, 0.3) is 5.91 Å². The molecule has 2 saturated carbocycles. The molecule has 4 amide bonds. The Kier molecular flexibility index (Phi) is 10.7. The zero-order chi connectivity index (χ0) is 37.4. The van der Waals surface area contributed by atoms with Gasteiger partial charge in [0.15, 0.2) is 11.6 Å². The van der Waals surface area contributed by atoms with Gasteiger partial charge in [-0.1, -0.05) is 31.2 Å². The van der Waals surface area contributed by atoms with E-state index in [9.17, 15) is 37.1 Å². The molecule has 0 bridgehead atoms. The first kappa shape index (κ1) is 37.3. The van der Waals surface area contributed by atoms with E-state index >= 15 is 0 Å². The molecule has 2 aliphatic carbocycles. The Labute approximate surface area is 301 Å². The molecule has 16 heteroatoms. The first-order valence-corrected chi connectivity index (χ1v) is 19.1. The highest BCUT2D eigenvalue weighted by Crippen LogP contribution is 2.46. The molecule has 4 aliphatic rings. The van der Waals surface area contributed by atoms with Gasteiger partial charge in [0.2, 0.25) is 21.8 Å². The molecule has 1 saturated heterocycles. The smallest absolute Gasteiger partial charge is 0.405 e. The molecule has 3 fully saturated rings. The Bertz CT molecular complexity index is 1870. The number of halogens is 1. The molecular formula is C36H45FN4O10S. The number of allylic oxidation sites excluding steroid dienone is 1. The largest absolute Gasteiger partial charge is 0.494 e. The van der Waals surface area contributed by atoms with Gasteiger partial charge in [0.1, 0.15) is 29.5 Å². The van der Waals surface area contributed by atoms with Crippen molar-refractivity contribution in [2.45, 2.75) is 80.8 Å². The van der Waals surface area contributed by atoms with Crippen LogP contribution in [0.3, 0.4) is 0 Å². The Morgan fingerprint density at radius 1 is 1.12 bits per heavy atom. The van der Waals surface area contributed by atoms with Crippen molar-refractivity contribution in [1.82, 2.24) is 20.3 Å². The van der Waals surface area contributed by atoms with Crippen LogP contribution in [0.1, 0.15) is 51.9 Å². The summed E-state index contributed by atoms with van der Waals surface area (Å²) in [5.74, 6) is -3.55. The number of ether oxygens (including phenoxy) is 3. The number of sulfonamides is 1. The molecule has 0 unspecified atom stereocenters. The number of carbonyl (C=O) groups excluding carboxylic acids is 3. The number of benzene rings is 2. The van der Waals surface area contributed by atoms with Gasteiger partial charge in [-0.05, 0) is 68.0 Å². The number of amides is 4. The van der Waals surface area contributed by atoms with Crippen LogP contribution in [0, 0.1) is 23.6 Å². The SMILES string of the molecule is COC[C@@H]1C[C@H](C)CC/C=C\[C@@H]2C[C@@]2(C(=O)NS(=O)(=O)C2CC2)NC(=O)[C@@H]2C[C@@H](Oc3cccc4cc(OC)c(F)cc34)CN2C(=O)[C@H]1NC(=O)O. The number of hydrogen-bond acceptors (Lipinski definition) is 9. The van der Waals surface area contributed by atoms with E-state index in [1.54, 1.807) is 18.2 Å². The third kappa shape index (κ3) is 7.82. The van der Waals surface area contributed by atoms with Crippen molar-refractivity contribution >= 4 is 44.6 Å². The lowest BCUT2D eigenvalue weighted by Crippen LogP contribution is -2.59. The summed E-state index contributed by atoms with van der Waals surface area (Å²) in [4.78, 5) is 55.8. The third-order valence-corrected chi connectivity index (χ3v) is 12.3. The summed E-state index contributed by atoms with van der Waals surface area (Å²) >= 11 is 0. The minimum atomic E-state index is -3.93. The third-order valence-electron chi connectivity index (χ3n) is 10.5. The maximum atomic E-state index is 14.8. The van der Waals surface area contributed by atoms with Crippen LogP contribution < -0.4 is 24.8 Å². The Morgan fingerprint density at radius 2 is 1.88 bits per heavy atom. The number of hydrogen-bond donors (Lipinski definition) is 4. The molecule has 52 heavy (non-hydrogen) atoms. The molecule has 4 N–H and O–H groups in total. The molecule has 0 aromatic heterocycles. The minimum absolute atomic E-state index is 0.0346. The van der Waals surface area contributed by atoms with Crippen molar-refractivity contribution in [3.05, 3.63) is 48.3 Å². The second-order valence-electron chi connectivity index (χ2n) is 14.4. The molecule has 14 nitrogen and oxygen atoms in total. The normalized spacial score (nSPS) is 30.2. The summed E-state index contributed by atoms with van der Waals surface area (Å²) in [6.07, 6.45) is 4.17. The average molecular weight is 745 g/mol. The van der Waals surface area contributed by atoms with Crippen molar-refractivity contribution in [2.75, 3.05) is 27.4 Å². The summed E-state index contributed by atoms with van der Waals surface area (Å²) in [5, 5.41) is 15.4. The molecule has 2 aromatic carbocycles. The Morgan fingerprint density at radius 3 is 2.58 bits per heavy atom. The van der Waals surface area contributed by atoms with E-state index in [2.05, 4.69) is 15.4 Å². The summed E-state index contributed by atoms with van der Waals surface area (Å²) in [7, 11) is -1.11. The fourth-order valence-electron chi connectivity index (χ4n) is 7.51. The first-order chi connectivity index (χ1) is 24.8. The van der Waals surface area contributed by atoms with Gasteiger partial charge < -0.3 is 34.9 Å². The van der Waals surface area contributed by atoms with Gasteiger partial charge in [-0.3, -0.25) is 19.1 Å². The minimum Gasteiger partial charge on any atom is -0.494 e. The van der Waals surface area contributed by atoms with E-state index in [0.717, 1.165) is 0 Å².